The molecule has 0 saturated carbocycles. The van der Waals surface area contributed by atoms with Crippen LogP contribution in [0.15, 0.2) is 83.7 Å². The third-order valence-electron chi connectivity index (χ3n) is 4.30. The maximum Gasteiger partial charge on any atom is 0.279 e. The first-order chi connectivity index (χ1) is 13.6. The van der Waals surface area contributed by atoms with Crippen molar-refractivity contribution in [3.63, 3.8) is 0 Å². The topological polar surface area (TPSA) is 90.2 Å². The van der Waals surface area contributed by atoms with Crippen LogP contribution < -0.4 is 10.3 Å². The highest BCUT2D eigenvalue weighted by atomic mass is 32.2. The number of hydrogen-bond donors (Lipinski definition) is 2. The summed E-state index contributed by atoms with van der Waals surface area (Å²) < 4.78 is 26.7. The maximum atomic E-state index is 13.2. The lowest BCUT2D eigenvalue weighted by Crippen LogP contribution is -2.21. The second-order valence-corrected chi connectivity index (χ2v) is 6.77. The van der Waals surface area contributed by atoms with E-state index < -0.39 is 16.8 Å². The van der Waals surface area contributed by atoms with Crippen LogP contribution in [0.2, 0.25) is 0 Å². The zero-order valence-corrected chi connectivity index (χ0v) is 15.4. The van der Waals surface area contributed by atoms with Crippen LogP contribution in [0.25, 0.3) is 22.3 Å². The van der Waals surface area contributed by atoms with E-state index in [-0.39, 0.29) is 11.1 Å². The number of fused-ring (bicyclic) bond motifs is 1. The lowest BCUT2D eigenvalue weighted by molar-refractivity contribution is 0.0982. The summed E-state index contributed by atoms with van der Waals surface area (Å²) in [5.41, 5.74) is 1.82. The van der Waals surface area contributed by atoms with Crippen molar-refractivity contribution in [3.8, 4) is 11.4 Å². The molecule has 1 N–H and O–H groups in total. The minimum absolute atomic E-state index is 0.0919. The monoisotopic (exact) mass is 393 g/mol. The predicted octanol–water partition coefficient (Wildman–Crippen LogP) is 2.04. The van der Waals surface area contributed by atoms with Gasteiger partial charge >= 0.3 is 0 Å². The largest absolute Gasteiger partial charge is 0.279 e. The quantitative estimate of drug-likeness (QED) is 0.519. The van der Waals surface area contributed by atoms with Gasteiger partial charge in [0.25, 0.3) is 11.5 Å². The van der Waals surface area contributed by atoms with Crippen molar-refractivity contribution >= 4 is 27.7 Å². The zero-order valence-electron chi connectivity index (χ0n) is 14.5. The molecule has 0 aliphatic rings. The van der Waals surface area contributed by atoms with Crippen molar-refractivity contribution < 1.29 is 13.2 Å². The van der Waals surface area contributed by atoms with Crippen LogP contribution in [0.5, 0.6) is 0 Å². The molecular weight excluding hydrogens is 378 g/mol. The molecule has 0 atom stereocenters. The van der Waals surface area contributed by atoms with Crippen LogP contribution in [-0.4, -0.2) is 23.7 Å². The molecule has 4 aromatic rings. The van der Waals surface area contributed by atoms with E-state index in [1.807, 2.05) is 65.4 Å². The minimum Gasteiger partial charge on any atom is -0.268 e. The number of para-hydroxylation sites is 2. The Labute approximate surface area is 161 Å². The Morgan fingerprint density at radius 2 is 1.36 bits per heavy atom. The first-order valence-electron chi connectivity index (χ1n) is 8.40. The third kappa shape index (κ3) is 3.10. The summed E-state index contributed by atoms with van der Waals surface area (Å²) in [6.07, 6.45) is 0. The van der Waals surface area contributed by atoms with Crippen LogP contribution in [-0.2, 0) is 10.9 Å². The molecule has 1 aromatic heterocycles. The van der Waals surface area contributed by atoms with Gasteiger partial charge in [-0.25, -0.2) is 17.8 Å². The molecule has 7 nitrogen and oxygen atoms in total. The Morgan fingerprint density at radius 1 is 0.786 bits per heavy atom. The molecular formula is C20H15N3O4S. The molecule has 4 rings (SSSR count). The van der Waals surface area contributed by atoms with Crippen LogP contribution in [0.4, 0.5) is 0 Å². The second kappa shape index (κ2) is 7.16. The summed E-state index contributed by atoms with van der Waals surface area (Å²) in [5, 5.41) is 0.307. The predicted molar refractivity (Wildman–Crippen MR) is 107 cm³/mol. The van der Waals surface area contributed by atoms with Gasteiger partial charge in [0.05, 0.1) is 22.3 Å². The molecule has 0 aliphatic carbocycles. The maximum absolute atomic E-state index is 13.2. The van der Waals surface area contributed by atoms with Crippen LogP contribution in [0.3, 0.4) is 0 Å². The summed E-state index contributed by atoms with van der Waals surface area (Å²) >= 11 is 0. The molecule has 28 heavy (non-hydrogen) atoms. The van der Waals surface area contributed by atoms with Crippen molar-refractivity contribution in [1.29, 1.82) is 0 Å². The van der Waals surface area contributed by atoms with Gasteiger partial charge in [-0.15, -0.1) is 0 Å². The normalized spacial score (nSPS) is 11.0. The lowest BCUT2D eigenvalue weighted by Gasteiger charge is -2.12. The van der Waals surface area contributed by atoms with E-state index in [0.29, 0.717) is 16.6 Å². The van der Waals surface area contributed by atoms with Gasteiger partial charge in [0.15, 0.2) is 0 Å². The number of carbonyl (C=O) groups excluding carboxylic acids is 1. The van der Waals surface area contributed by atoms with Gasteiger partial charge in [0.1, 0.15) is 0 Å². The number of hydrogen-bond acceptors (Lipinski definition) is 4. The van der Waals surface area contributed by atoms with E-state index in [4.69, 9.17) is 0 Å². The first-order valence-corrected chi connectivity index (χ1v) is 9.58. The molecule has 0 unspecified atom stereocenters. The van der Waals surface area contributed by atoms with E-state index in [9.17, 15) is 18.0 Å². The molecule has 3 aromatic carbocycles. The molecule has 140 valence electrons. The van der Waals surface area contributed by atoms with Gasteiger partial charge in [0.2, 0.25) is 10.9 Å². The number of carbonyl (C=O) groups is 1. The number of aromatic nitrogens is 2. The Balaban J connectivity index is 2.02. The molecule has 0 radical (unpaired) electrons. The summed E-state index contributed by atoms with van der Waals surface area (Å²) in [4.78, 5) is 25.2. The fraction of sp³-hybridized carbons (Fsp3) is 0. The fourth-order valence-corrected chi connectivity index (χ4v) is 3.41. The molecule has 0 bridgehead atoms. The van der Waals surface area contributed by atoms with Gasteiger partial charge in [-0.1, -0.05) is 36.4 Å². The van der Waals surface area contributed by atoms with Gasteiger partial charge in [0, 0.05) is 5.56 Å². The second-order valence-electron chi connectivity index (χ2n) is 6.03. The highest BCUT2D eigenvalue weighted by Crippen LogP contribution is 2.21. The average molecular weight is 393 g/mol. The highest BCUT2D eigenvalue weighted by Gasteiger charge is 2.18. The molecule has 1 heterocycles. The third-order valence-corrected chi connectivity index (χ3v) is 4.69. The van der Waals surface area contributed by atoms with Crippen molar-refractivity contribution in [2.45, 2.75) is 0 Å². The van der Waals surface area contributed by atoms with Gasteiger partial charge < -0.3 is 0 Å². The van der Waals surface area contributed by atoms with Gasteiger partial charge in [-0.2, -0.15) is 0 Å². The number of nitrogens with zero attached hydrogens (tertiary/aromatic N) is 2. The number of nitrogens with one attached hydrogen (secondary N) is 1. The van der Waals surface area contributed by atoms with Crippen molar-refractivity contribution in [2.75, 3.05) is 0 Å². The first kappa shape index (κ1) is 17.7. The fourth-order valence-electron chi connectivity index (χ4n) is 3.12. The van der Waals surface area contributed by atoms with Crippen LogP contribution in [0.1, 0.15) is 10.4 Å². The number of thiol groups is 1. The summed E-state index contributed by atoms with van der Waals surface area (Å²) in [5.74, 6) is -0.781. The molecule has 0 saturated heterocycles. The Kier molecular flexibility index (Phi) is 4.54. The number of benzene rings is 3. The van der Waals surface area contributed by atoms with Crippen LogP contribution >= 0.6 is 0 Å². The molecule has 8 heteroatoms. The zero-order chi connectivity index (χ0) is 19.7. The van der Waals surface area contributed by atoms with E-state index in [1.165, 1.54) is 16.8 Å². The Morgan fingerprint density at radius 3 is 1.93 bits per heavy atom. The molecule has 1 amide bonds. The van der Waals surface area contributed by atoms with E-state index >= 15 is 0 Å². The highest BCUT2D eigenvalue weighted by molar-refractivity contribution is 7.71. The molecule has 0 aliphatic heterocycles. The van der Waals surface area contributed by atoms with Crippen molar-refractivity contribution in [1.82, 2.24) is 14.1 Å². The smallest absolute Gasteiger partial charge is 0.268 e. The standard InChI is InChI=1S/C20H15N3O4S/c24-19(21-28(26)27)14-11-12-18-17(13-14)20(25)23(16-9-5-2-6-10-16)22(18)15-7-3-1-4-8-15/h1-13,28H,(H,21,24,26,27). The van der Waals surface area contributed by atoms with E-state index in [0.717, 1.165) is 5.69 Å². The molecule has 0 spiro atoms. The number of amides is 1. The van der Waals surface area contributed by atoms with E-state index in [1.54, 1.807) is 10.7 Å². The summed E-state index contributed by atoms with van der Waals surface area (Å²) in [7, 11) is -3.08. The Bertz CT molecular complexity index is 1300. The SMILES string of the molecule is O=C(N[SH](=O)=O)c1ccc2c(c1)c(=O)n(-c1ccccc1)n2-c1ccccc1. The minimum atomic E-state index is -3.08. The summed E-state index contributed by atoms with van der Waals surface area (Å²) in [6, 6.07) is 23.1. The van der Waals surface area contributed by atoms with Crippen LogP contribution in [0, 0.1) is 0 Å². The van der Waals surface area contributed by atoms with E-state index in [2.05, 4.69) is 0 Å². The van der Waals surface area contributed by atoms with Gasteiger partial charge in [-0.3, -0.25) is 14.3 Å². The Hall–Kier alpha value is -3.65. The molecule has 0 fully saturated rings. The summed E-state index contributed by atoms with van der Waals surface area (Å²) in [6.45, 7) is 0. The van der Waals surface area contributed by atoms with Crippen molar-refractivity contribution in [2.24, 2.45) is 0 Å². The van der Waals surface area contributed by atoms with Gasteiger partial charge in [-0.05, 0) is 42.5 Å². The number of rotatable bonds is 4. The lowest BCUT2D eigenvalue weighted by atomic mass is 10.1. The average Bonchev–Trinajstić information content (AvgIpc) is 3.01. The van der Waals surface area contributed by atoms with Crippen molar-refractivity contribution in [3.05, 3.63) is 94.8 Å².